The van der Waals surface area contributed by atoms with Crippen LogP contribution in [-0.4, -0.2) is 67.9 Å². The van der Waals surface area contributed by atoms with Crippen LogP contribution in [-0.2, 0) is 11.3 Å². The van der Waals surface area contributed by atoms with E-state index in [4.69, 9.17) is 14.3 Å². The number of benzene rings is 1. The summed E-state index contributed by atoms with van der Waals surface area (Å²) in [6.07, 6.45) is 2.78. The molecule has 174 valence electrons. The summed E-state index contributed by atoms with van der Waals surface area (Å²) in [5.74, 6) is -2.06. The quantitative estimate of drug-likeness (QED) is 0.482. The van der Waals surface area contributed by atoms with Gasteiger partial charge in [-0.1, -0.05) is 6.07 Å². The van der Waals surface area contributed by atoms with Gasteiger partial charge in [0.2, 0.25) is 11.8 Å². The monoisotopic (exact) mass is 461 g/mol. The Morgan fingerprint density at radius 2 is 1.94 bits per heavy atom. The Hall–Kier alpha value is -3.77. The van der Waals surface area contributed by atoms with Crippen molar-refractivity contribution in [3.63, 3.8) is 0 Å². The van der Waals surface area contributed by atoms with Gasteiger partial charge in [0.25, 0.3) is 12.4 Å². The van der Waals surface area contributed by atoms with Crippen molar-refractivity contribution >= 4 is 12.4 Å². The summed E-state index contributed by atoms with van der Waals surface area (Å²) in [7, 11) is 0. The molecule has 1 aromatic carbocycles. The zero-order valence-electron chi connectivity index (χ0n) is 17.3. The second-order valence-corrected chi connectivity index (χ2v) is 7.20. The predicted molar refractivity (Wildman–Crippen MR) is 110 cm³/mol. The first-order valence-electron chi connectivity index (χ1n) is 9.87. The van der Waals surface area contributed by atoms with E-state index in [1.165, 1.54) is 6.07 Å². The third-order valence-electron chi connectivity index (χ3n) is 4.76. The molecule has 0 spiro atoms. The Kier molecular flexibility index (Phi) is 8.11. The molecule has 0 aliphatic carbocycles. The largest absolute Gasteiger partial charge is 0.483 e. The SMILES string of the molecule is O=C(N[C@H]1C[C@@H](O)CN(Cc2nnc(-c3cccnc3)o2)C1)c1c(F)cccc1F.O=CO. The number of hydrogen-bond acceptors (Lipinski definition) is 8. The molecule has 3 N–H and O–H groups in total. The fourth-order valence-corrected chi connectivity index (χ4v) is 3.48. The smallest absolute Gasteiger partial charge is 0.290 e. The third kappa shape index (κ3) is 6.37. The molecule has 10 nitrogen and oxygen atoms in total. The number of aromatic nitrogens is 3. The minimum absolute atomic E-state index is 0.250. The minimum Gasteiger partial charge on any atom is -0.483 e. The van der Waals surface area contributed by atoms with Gasteiger partial charge < -0.3 is 19.9 Å². The maximum atomic E-state index is 13.8. The van der Waals surface area contributed by atoms with Gasteiger partial charge in [0.15, 0.2) is 0 Å². The van der Waals surface area contributed by atoms with Crippen LogP contribution >= 0.6 is 0 Å². The third-order valence-corrected chi connectivity index (χ3v) is 4.76. The van der Waals surface area contributed by atoms with Crippen molar-refractivity contribution in [3.8, 4) is 11.5 Å². The molecule has 0 unspecified atom stereocenters. The van der Waals surface area contributed by atoms with Gasteiger partial charge in [-0.2, -0.15) is 0 Å². The molecule has 2 atom stereocenters. The summed E-state index contributed by atoms with van der Waals surface area (Å²) >= 11 is 0. The highest BCUT2D eigenvalue weighted by Gasteiger charge is 2.29. The molecule has 4 rings (SSSR count). The van der Waals surface area contributed by atoms with Crippen LogP contribution in [0.2, 0.25) is 0 Å². The van der Waals surface area contributed by atoms with Gasteiger partial charge in [-0.15, -0.1) is 10.2 Å². The highest BCUT2D eigenvalue weighted by atomic mass is 19.1. The zero-order valence-corrected chi connectivity index (χ0v) is 17.3. The molecule has 2 aromatic heterocycles. The number of piperidine rings is 1. The number of β-amino-alcohol motifs (C(OH)–C–C–N with tert-alkyl or cyclic N) is 1. The molecule has 12 heteroatoms. The van der Waals surface area contributed by atoms with Crippen molar-refractivity contribution < 1.29 is 33.0 Å². The number of carbonyl (C=O) groups excluding carboxylic acids is 1. The van der Waals surface area contributed by atoms with Crippen molar-refractivity contribution in [2.45, 2.75) is 25.1 Å². The van der Waals surface area contributed by atoms with E-state index >= 15 is 0 Å². The summed E-state index contributed by atoms with van der Waals surface area (Å²) in [5, 5.41) is 27.7. The number of pyridine rings is 1. The van der Waals surface area contributed by atoms with E-state index < -0.39 is 35.3 Å². The van der Waals surface area contributed by atoms with E-state index in [0.29, 0.717) is 30.4 Å². The van der Waals surface area contributed by atoms with Gasteiger partial charge in [-0.05, 0) is 30.7 Å². The van der Waals surface area contributed by atoms with Crippen molar-refractivity contribution in [1.29, 1.82) is 0 Å². The number of nitrogens with zero attached hydrogens (tertiary/aromatic N) is 4. The second kappa shape index (κ2) is 11.2. The average molecular weight is 461 g/mol. The number of hydrogen-bond donors (Lipinski definition) is 3. The lowest BCUT2D eigenvalue weighted by atomic mass is 10.0. The fourth-order valence-electron chi connectivity index (χ4n) is 3.48. The first-order valence-corrected chi connectivity index (χ1v) is 9.87. The number of nitrogens with one attached hydrogen (secondary N) is 1. The van der Waals surface area contributed by atoms with Crippen molar-refractivity contribution in [3.05, 3.63) is 65.8 Å². The molecule has 1 aliphatic rings. The molecule has 1 aliphatic heterocycles. The minimum atomic E-state index is -0.936. The van der Waals surface area contributed by atoms with E-state index in [0.717, 1.165) is 12.1 Å². The average Bonchev–Trinajstić information content (AvgIpc) is 3.23. The van der Waals surface area contributed by atoms with E-state index in [2.05, 4.69) is 20.5 Å². The van der Waals surface area contributed by atoms with Gasteiger partial charge >= 0.3 is 0 Å². The second-order valence-electron chi connectivity index (χ2n) is 7.20. The molecule has 3 heterocycles. The number of halogens is 2. The van der Waals surface area contributed by atoms with Gasteiger partial charge in [-0.3, -0.25) is 19.5 Å². The maximum absolute atomic E-state index is 13.8. The Balaban J connectivity index is 0.000000968. The van der Waals surface area contributed by atoms with Gasteiger partial charge in [-0.25, -0.2) is 8.78 Å². The van der Waals surface area contributed by atoms with Gasteiger partial charge in [0.05, 0.1) is 18.2 Å². The molecule has 33 heavy (non-hydrogen) atoms. The number of amides is 1. The molecule has 3 aromatic rings. The number of rotatable bonds is 5. The lowest BCUT2D eigenvalue weighted by Crippen LogP contribution is -2.52. The van der Waals surface area contributed by atoms with Crippen LogP contribution < -0.4 is 5.32 Å². The van der Waals surface area contributed by atoms with Crippen molar-refractivity contribution in [1.82, 2.24) is 25.4 Å². The van der Waals surface area contributed by atoms with E-state index in [-0.39, 0.29) is 19.4 Å². The zero-order chi connectivity index (χ0) is 23.8. The summed E-state index contributed by atoms with van der Waals surface area (Å²) in [4.78, 5) is 26.5. The number of carbonyl (C=O) groups is 2. The van der Waals surface area contributed by atoms with Crippen LogP contribution in [0.5, 0.6) is 0 Å². The predicted octanol–water partition coefficient (Wildman–Crippen LogP) is 1.48. The molecular weight excluding hydrogens is 440 g/mol. The van der Waals surface area contributed by atoms with Crippen LogP contribution in [0.4, 0.5) is 8.78 Å². The van der Waals surface area contributed by atoms with Crippen molar-refractivity contribution in [2.24, 2.45) is 0 Å². The summed E-state index contributed by atoms with van der Waals surface area (Å²) in [6.45, 7) is 0.694. The molecule has 1 amide bonds. The van der Waals surface area contributed by atoms with E-state index in [1.807, 2.05) is 4.90 Å². The molecule has 1 fully saturated rings. The van der Waals surface area contributed by atoms with Crippen LogP contribution in [0.1, 0.15) is 22.7 Å². The van der Waals surface area contributed by atoms with Crippen molar-refractivity contribution in [2.75, 3.05) is 13.1 Å². The first kappa shape index (κ1) is 23.9. The Bertz CT molecular complexity index is 1060. The van der Waals surface area contributed by atoms with Crippen LogP contribution in [0.25, 0.3) is 11.5 Å². The standard InChI is InChI=1S/C20H19F2N5O3.CH2O2/c21-15-4-1-5-16(22)18(15)19(29)24-13-7-14(28)10-27(9-13)11-17-25-26-20(30-17)12-3-2-6-23-8-12;2-1-3/h1-6,8,13-14,28H,7,9-11H2,(H,24,29);1H,(H,2,3)/t13-,14+;/m0./s1. The molecule has 0 bridgehead atoms. The van der Waals surface area contributed by atoms with Gasteiger partial charge in [0.1, 0.15) is 17.2 Å². The number of likely N-dealkylation sites (tertiary alicyclic amines) is 1. The normalized spacial score (nSPS) is 18.2. The maximum Gasteiger partial charge on any atom is 0.290 e. The molecule has 0 saturated carbocycles. The number of carboxylic acid groups (broad SMARTS) is 1. The van der Waals surface area contributed by atoms with Gasteiger partial charge in [0, 0.05) is 31.5 Å². The van der Waals surface area contributed by atoms with E-state index in [9.17, 15) is 18.7 Å². The summed E-state index contributed by atoms with van der Waals surface area (Å²) in [6, 6.07) is 6.29. The molecule has 1 saturated heterocycles. The van der Waals surface area contributed by atoms with Crippen LogP contribution in [0, 0.1) is 11.6 Å². The molecule has 0 radical (unpaired) electrons. The first-order chi connectivity index (χ1) is 15.9. The number of aliphatic hydroxyl groups is 1. The Morgan fingerprint density at radius 1 is 1.21 bits per heavy atom. The van der Waals surface area contributed by atoms with E-state index in [1.54, 1.807) is 24.5 Å². The van der Waals surface area contributed by atoms with Crippen LogP contribution in [0.15, 0.2) is 47.1 Å². The Labute approximate surface area is 186 Å². The lowest BCUT2D eigenvalue weighted by molar-refractivity contribution is -0.122. The van der Waals surface area contributed by atoms with Crippen LogP contribution in [0.3, 0.4) is 0 Å². The molecular formula is C21H21F2N5O5. The number of aliphatic hydroxyl groups excluding tert-OH is 1. The highest BCUT2D eigenvalue weighted by Crippen LogP contribution is 2.19. The summed E-state index contributed by atoms with van der Waals surface area (Å²) in [5.41, 5.74) is 0.0501. The topological polar surface area (TPSA) is 142 Å². The summed E-state index contributed by atoms with van der Waals surface area (Å²) < 4.78 is 33.3. The fraction of sp³-hybridized carbons (Fsp3) is 0.286. The highest BCUT2D eigenvalue weighted by molar-refractivity contribution is 5.94. The Morgan fingerprint density at radius 3 is 2.61 bits per heavy atom. The lowest BCUT2D eigenvalue weighted by Gasteiger charge is -2.35.